The average Bonchev–Trinajstić information content (AvgIpc) is 2.15. The second-order valence-electron chi connectivity index (χ2n) is 2.89. The molecule has 0 aliphatic carbocycles. The summed E-state index contributed by atoms with van der Waals surface area (Å²) in [6.45, 7) is -1.21. The van der Waals surface area contributed by atoms with E-state index in [1.165, 1.54) is 12.4 Å². The van der Waals surface area contributed by atoms with Gasteiger partial charge in [-0.05, 0) is 0 Å². The molecule has 8 nitrogen and oxygen atoms in total. The minimum absolute atomic E-state index is 0.229. The van der Waals surface area contributed by atoms with E-state index in [0.717, 1.165) is 4.90 Å². The molecule has 1 rings (SSSR count). The molecular weight excluding hydrogens is 218 g/mol. The third-order valence-corrected chi connectivity index (χ3v) is 1.64. The molecule has 0 fully saturated rings. The third-order valence-electron chi connectivity index (χ3n) is 1.64. The summed E-state index contributed by atoms with van der Waals surface area (Å²) in [4.78, 5) is 39.1. The van der Waals surface area contributed by atoms with Crippen LogP contribution >= 0.6 is 0 Å². The maximum Gasteiger partial charge on any atom is 0.323 e. The van der Waals surface area contributed by atoms with Crippen molar-refractivity contribution < 1.29 is 19.8 Å². The van der Waals surface area contributed by atoms with Crippen LogP contribution < -0.4 is 10.5 Å². The first-order chi connectivity index (χ1) is 7.50. The number of carboxylic acids is 2. The summed E-state index contributed by atoms with van der Waals surface area (Å²) in [7, 11) is 0. The molecule has 1 aromatic heterocycles. The smallest absolute Gasteiger partial charge is 0.323 e. The molecule has 0 aromatic carbocycles. The Labute approximate surface area is 89.2 Å². The molecule has 86 valence electrons. The van der Waals surface area contributed by atoms with Crippen molar-refractivity contribution >= 4 is 17.8 Å². The van der Waals surface area contributed by atoms with E-state index in [9.17, 15) is 14.4 Å². The molecule has 0 atom stereocenters. The molecule has 1 heterocycles. The molecule has 0 saturated heterocycles. The molecular formula is C8H9N3O5. The van der Waals surface area contributed by atoms with Gasteiger partial charge >= 0.3 is 11.9 Å². The highest BCUT2D eigenvalue weighted by Crippen LogP contribution is 2.01. The Kier molecular flexibility index (Phi) is 3.59. The number of hydrogen-bond acceptors (Lipinski definition) is 5. The van der Waals surface area contributed by atoms with E-state index in [2.05, 4.69) is 9.97 Å². The molecule has 3 N–H and O–H groups in total. The van der Waals surface area contributed by atoms with Crippen molar-refractivity contribution in [1.82, 2.24) is 9.97 Å². The van der Waals surface area contributed by atoms with Crippen LogP contribution in [-0.4, -0.2) is 45.2 Å². The van der Waals surface area contributed by atoms with Crippen LogP contribution in [0.5, 0.6) is 0 Å². The van der Waals surface area contributed by atoms with Crippen LogP contribution in [0.4, 0.5) is 5.82 Å². The lowest BCUT2D eigenvalue weighted by molar-refractivity contribution is -0.136. The number of aromatic amines is 1. The average molecular weight is 227 g/mol. The lowest BCUT2D eigenvalue weighted by Gasteiger charge is -2.17. The van der Waals surface area contributed by atoms with Crippen LogP contribution in [0.15, 0.2) is 17.2 Å². The van der Waals surface area contributed by atoms with Gasteiger partial charge in [0.15, 0.2) is 5.82 Å². The molecule has 1 aromatic rings. The van der Waals surface area contributed by atoms with Gasteiger partial charge < -0.3 is 20.1 Å². The van der Waals surface area contributed by atoms with Crippen LogP contribution in [0.25, 0.3) is 0 Å². The van der Waals surface area contributed by atoms with E-state index < -0.39 is 30.6 Å². The summed E-state index contributed by atoms with van der Waals surface area (Å²) in [6, 6.07) is 0. The standard InChI is InChI=1S/C8H9N3O5/c12-5(13)3-11(4-6(14)15)7-8(16)10-2-1-9-7/h1-2H,3-4H2,(H,10,16)(H,12,13)(H,14,15). The minimum atomic E-state index is -1.24. The van der Waals surface area contributed by atoms with Crippen LogP contribution in [0.1, 0.15) is 0 Å². The number of hydrogen-bond donors (Lipinski definition) is 3. The fourth-order valence-electron chi connectivity index (χ4n) is 1.10. The van der Waals surface area contributed by atoms with Crippen molar-refractivity contribution in [2.45, 2.75) is 0 Å². The summed E-state index contributed by atoms with van der Waals surface area (Å²) >= 11 is 0. The Morgan fingerprint density at radius 2 is 1.88 bits per heavy atom. The van der Waals surface area contributed by atoms with Crippen LogP contribution in [0, 0.1) is 0 Å². The zero-order valence-electron chi connectivity index (χ0n) is 8.08. The third kappa shape index (κ3) is 3.08. The van der Waals surface area contributed by atoms with Crippen molar-refractivity contribution in [2.24, 2.45) is 0 Å². The Balaban J connectivity index is 3.00. The van der Waals surface area contributed by atoms with Gasteiger partial charge in [-0.15, -0.1) is 0 Å². The lowest BCUT2D eigenvalue weighted by atomic mass is 10.4. The quantitative estimate of drug-likeness (QED) is 0.573. The molecule has 0 saturated carbocycles. The summed E-state index contributed by atoms with van der Waals surface area (Å²) in [5.41, 5.74) is -0.634. The van der Waals surface area contributed by atoms with Gasteiger partial charge in [-0.1, -0.05) is 0 Å². The van der Waals surface area contributed by atoms with Gasteiger partial charge in [-0.3, -0.25) is 14.4 Å². The largest absolute Gasteiger partial charge is 0.480 e. The number of carboxylic acid groups (broad SMARTS) is 2. The number of rotatable bonds is 5. The van der Waals surface area contributed by atoms with Gasteiger partial charge in [-0.25, -0.2) is 4.98 Å². The Bertz CT molecular complexity index is 439. The van der Waals surface area contributed by atoms with Crippen molar-refractivity contribution in [2.75, 3.05) is 18.0 Å². The Morgan fingerprint density at radius 1 is 1.31 bits per heavy atom. The predicted octanol–water partition coefficient (Wildman–Crippen LogP) is -1.25. The van der Waals surface area contributed by atoms with Gasteiger partial charge in [0.25, 0.3) is 5.56 Å². The maximum atomic E-state index is 11.3. The highest BCUT2D eigenvalue weighted by molar-refractivity contribution is 5.78. The Morgan fingerprint density at radius 3 is 2.31 bits per heavy atom. The number of anilines is 1. The molecule has 8 heteroatoms. The van der Waals surface area contributed by atoms with Crippen molar-refractivity contribution in [3.8, 4) is 0 Å². The number of nitrogens with one attached hydrogen (secondary N) is 1. The second kappa shape index (κ2) is 4.91. The number of aromatic nitrogens is 2. The van der Waals surface area contributed by atoms with Crippen LogP contribution in [0.2, 0.25) is 0 Å². The first kappa shape index (κ1) is 11.7. The SMILES string of the molecule is O=C(O)CN(CC(=O)O)c1ncc[nH]c1=O. The number of nitrogens with zero attached hydrogens (tertiary/aromatic N) is 2. The summed E-state index contributed by atoms with van der Waals surface area (Å²) in [5.74, 6) is -2.72. The molecule has 0 aliphatic rings. The van der Waals surface area contributed by atoms with Gasteiger partial charge in [0.1, 0.15) is 13.1 Å². The monoisotopic (exact) mass is 227 g/mol. The second-order valence-corrected chi connectivity index (χ2v) is 2.89. The zero-order valence-corrected chi connectivity index (χ0v) is 8.08. The fraction of sp³-hybridized carbons (Fsp3) is 0.250. The van der Waals surface area contributed by atoms with Gasteiger partial charge in [0, 0.05) is 12.4 Å². The van der Waals surface area contributed by atoms with E-state index in [4.69, 9.17) is 10.2 Å². The van der Waals surface area contributed by atoms with Gasteiger partial charge in [0.05, 0.1) is 0 Å². The summed E-state index contributed by atoms with van der Waals surface area (Å²) < 4.78 is 0. The van der Waals surface area contributed by atoms with Gasteiger partial charge in [0.2, 0.25) is 0 Å². The number of carbonyl (C=O) groups is 2. The van der Waals surface area contributed by atoms with Crippen LogP contribution in [-0.2, 0) is 9.59 Å². The minimum Gasteiger partial charge on any atom is -0.480 e. The molecule has 0 radical (unpaired) electrons. The van der Waals surface area contributed by atoms with Crippen LogP contribution in [0.3, 0.4) is 0 Å². The van der Waals surface area contributed by atoms with E-state index in [-0.39, 0.29) is 5.82 Å². The van der Waals surface area contributed by atoms with Gasteiger partial charge in [-0.2, -0.15) is 0 Å². The Hall–Kier alpha value is -2.38. The van der Waals surface area contributed by atoms with Crippen molar-refractivity contribution in [3.63, 3.8) is 0 Å². The first-order valence-electron chi connectivity index (χ1n) is 4.23. The predicted molar refractivity (Wildman–Crippen MR) is 52.3 cm³/mol. The molecule has 0 spiro atoms. The number of aliphatic carboxylic acids is 2. The molecule has 0 unspecified atom stereocenters. The molecule has 0 aliphatic heterocycles. The van der Waals surface area contributed by atoms with Crippen molar-refractivity contribution in [1.29, 1.82) is 0 Å². The van der Waals surface area contributed by atoms with E-state index in [1.54, 1.807) is 0 Å². The summed E-state index contributed by atoms with van der Waals surface area (Å²) in [6.07, 6.45) is 2.51. The van der Waals surface area contributed by atoms with E-state index >= 15 is 0 Å². The maximum absolute atomic E-state index is 11.3. The highest BCUT2D eigenvalue weighted by Gasteiger charge is 2.17. The zero-order chi connectivity index (χ0) is 12.1. The summed E-state index contributed by atoms with van der Waals surface area (Å²) in [5, 5.41) is 17.1. The number of H-pyrrole nitrogens is 1. The van der Waals surface area contributed by atoms with Crippen molar-refractivity contribution in [3.05, 3.63) is 22.7 Å². The molecule has 0 bridgehead atoms. The molecule has 0 amide bonds. The fourth-order valence-corrected chi connectivity index (χ4v) is 1.10. The topological polar surface area (TPSA) is 124 Å². The normalized spacial score (nSPS) is 9.75. The highest BCUT2D eigenvalue weighted by atomic mass is 16.4. The first-order valence-corrected chi connectivity index (χ1v) is 4.23. The van der Waals surface area contributed by atoms with E-state index in [0.29, 0.717) is 0 Å². The lowest BCUT2D eigenvalue weighted by Crippen LogP contribution is -2.38. The molecule has 16 heavy (non-hydrogen) atoms. The van der Waals surface area contributed by atoms with E-state index in [1.807, 2.05) is 0 Å².